The van der Waals surface area contributed by atoms with Gasteiger partial charge in [-0.15, -0.1) is 0 Å². The molecule has 1 aromatic heterocycles. The number of rotatable bonds is 4. The molecule has 0 unspecified atom stereocenters. The molecule has 2 N–H and O–H groups in total. The minimum absolute atomic E-state index is 0.182. The van der Waals surface area contributed by atoms with Crippen LogP contribution in [0.15, 0.2) is 78.9 Å². The molecule has 0 saturated carbocycles. The molecule has 0 amide bonds. The molecule has 0 saturated heterocycles. The van der Waals surface area contributed by atoms with Crippen molar-refractivity contribution in [2.45, 2.75) is 19.1 Å². The van der Waals surface area contributed by atoms with Gasteiger partial charge in [-0.2, -0.15) is 0 Å². The highest BCUT2D eigenvalue weighted by Gasteiger charge is 2.38. The van der Waals surface area contributed by atoms with E-state index in [1.54, 1.807) is 18.2 Å². The highest BCUT2D eigenvalue weighted by Crippen LogP contribution is 2.38. The van der Waals surface area contributed by atoms with Crippen molar-refractivity contribution in [3.8, 4) is 5.75 Å². The van der Waals surface area contributed by atoms with Crippen LogP contribution in [-0.2, 0) is 12.1 Å². The van der Waals surface area contributed by atoms with E-state index in [0.717, 1.165) is 22.2 Å². The summed E-state index contributed by atoms with van der Waals surface area (Å²) in [6.07, 6.45) is 0. The lowest BCUT2D eigenvalue weighted by Gasteiger charge is -2.29. The Balaban J connectivity index is 2.06. The van der Waals surface area contributed by atoms with E-state index in [-0.39, 0.29) is 5.75 Å². The summed E-state index contributed by atoms with van der Waals surface area (Å²) in [6.45, 7) is 2.63. The fourth-order valence-corrected chi connectivity index (χ4v) is 3.49. The van der Waals surface area contributed by atoms with Crippen LogP contribution in [0.25, 0.3) is 11.0 Å². The molecule has 4 aromatic rings. The average molecular weight is 344 g/mol. The fourth-order valence-electron chi connectivity index (χ4n) is 3.49. The molecule has 4 heteroatoms. The van der Waals surface area contributed by atoms with E-state index < -0.39 is 5.60 Å². The molecule has 0 fully saturated rings. The number of aromatic hydroxyl groups is 1. The second kappa shape index (κ2) is 6.32. The van der Waals surface area contributed by atoms with E-state index in [1.165, 1.54) is 0 Å². The number of benzene rings is 3. The van der Waals surface area contributed by atoms with Gasteiger partial charge in [0.05, 0.1) is 11.0 Å². The molecule has 4 rings (SSSR count). The lowest BCUT2D eigenvalue weighted by Crippen LogP contribution is -2.32. The third kappa shape index (κ3) is 2.47. The van der Waals surface area contributed by atoms with Gasteiger partial charge in [-0.3, -0.25) is 0 Å². The number of phenols is 1. The number of aromatic nitrogens is 2. The Labute approximate surface area is 152 Å². The Morgan fingerprint density at radius 1 is 0.885 bits per heavy atom. The third-order valence-corrected chi connectivity index (χ3v) is 4.75. The minimum atomic E-state index is -1.40. The van der Waals surface area contributed by atoms with E-state index in [0.29, 0.717) is 12.4 Å². The van der Waals surface area contributed by atoms with Gasteiger partial charge in [0.25, 0.3) is 0 Å². The van der Waals surface area contributed by atoms with Gasteiger partial charge < -0.3 is 14.8 Å². The smallest absolute Gasteiger partial charge is 0.173 e. The van der Waals surface area contributed by atoms with Crippen molar-refractivity contribution in [2.24, 2.45) is 0 Å². The fraction of sp³-hybridized carbons (Fsp3) is 0.136. The molecule has 26 heavy (non-hydrogen) atoms. The van der Waals surface area contributed by atoms with E-state index in [4.69, 9.17) is 4.98 Å². The largest absolute Gasteiger partial charge is 0.508 e. The van der Waals surface area contributed by atoms with Gasteiger partial charge in [0.15, 0.2) is 11.4 Å². The number of imidazole rings is 1. The molecular formula is C22H20N2O2. The van der Waals surface area contributed by atoms with Gasteiger partial charge in [0, 0.05) is 12.6 Å². The van der Waals surface area contributed by atoms with E-state index in [9.17, 15) is 10.2 Å². The normalized spacial score (nSPS) is 11.8. The summed E-state index contributed by atoms with van der Waals surface area (Å²) in [6, 6.07) is 24.2. The van der Waals surface area contributed by atoms with Crippen molar-refractivity contribution >= 4 is 11.0 Å². The van der Waals surface area contributed by atoms with E-state index in [2.05, 4.69) is 0 Å². The summed E-state index contributed by atoms with van der Waals surface area (Å²) in [5.41, 5.74) is 1.64. The van der Waals surface area contributed by atoms with Gasteiger partial charge >= 0.3 is 0 Å². The predicted molar refractivity (Wildman–Crippen MR) is 102 cm³/mol. The number of aryl methyl sites for hydroxylation is 1. The van der Waals surface area contributed by atoms with Crippen molar-refractivity contribution < 1.29 is 10.2 Å². The molecule has 0 aliphatic carbocycles. The van der Waals surface area contributed by atoms with Crippen LogP contribution in [0, 0.1) is 0 Å². The predicted octanol–water partition coefficient (Wildman–Crippen LogP) is 4.05. The molecule has 4 nitrogen and oxygen atoms in total. The second-order valence-electron chi connectivity index (χ2n) is 6.30. The summed E-state index contributed by atoms with van der Waals surface area (Å²) >= 11 is 0. The van der Waals surface area contributed by atoms with Gasteiger partial charge in [-0.1, -0.05) is 60.7 Å². The topological polar surface area (TPSA) is 58.3 Å². The molecule has 0 radical (unpaired) electrons. The Morgan fingerprint density at radius 2 is 1.46 bits per heavy atom. The molecule has 130 valence electrons. The second-order valence-corrected chi connectivity index (χ2v) is 6.30. The number of aliphatic hydroxyl groups is 1. The summed E-state index contributed by atoms with van der Waals surface area (Å²) in [5, 5.41) is 21.9. The van der Waals surface area contributed by atoms with Crippen LogP contribution >= 0.6 is 0 Å². The first-order valence-corrected chi connectivity index (χ1v) is 8.67. The van der Waals surface area contributed by atoms with Crippen molar-refractivity contribution in [3.05, 3.63) is 95.8 Å². The SMILES string of the molecule is CCn1c(C(O)(c2ccccc2)c2ccccc2)nc2ccc(O)cc21. The van der Waals surface area contributed by atoms with Crippen LogP contribution in [0.5, 0.6) is 5.75 Å². The van der Waals surface area contributed by atoms with Crippen molar-refractivity contribution in [1.82, 2.24) is 9.55 Å². The Morgan fingerprint density at radius 3 is 2.00 bits per heavy atom. The molecule has 0 spiro atoms. The van der Waals surface area contributed by atoms with Crippen LogP contribution in [0.2, 0.25) is 0 Å². The highest BCUT2D eigenvalue weighted by molar-refractivity contribution is 5.78. The molecule has 3 aromatic carbocycles. The van der Waals surface area contributed by atoms with Crippen LogP contribution in [0.3, 0.4) is 0 Å². The summed E-state index contributed by atoms with van der Waals surface area (Å²) in [4.78, 5) is 4.75. The van der Waals surface area contributed by atoms with Crippen molar-refractivity contribution in [3.63, 3.8) is 0 Å². The number of hydrogen-bond donors (Lipinski definition) is 2. The summed E-state index contributed by atoms with van der Waals surface area (Å²) in [5.74, 6) is 0.722. The van der Waals surface area contributed by atoms with Gasteiger partial charge in [-0.25, -0.2) is 4.98 Å². The number of hydrogen-bond acceptors (Lipinski definition) is 3. The van der Waals surface area contributed by atoms with Crippen LogP contribution in [-0.4, -0.2) is 19.8 Å². The lowest BCUT2D eigenvalue weighted by atomic mass is 9.85. The molecule has 0 aliphatic rings. The molecule has 0 atom stereocenters. The minimum Gasteiger partial charge on any atom is -0.508 e. The first-order valence-electron chi connectivity index (χ1n) is 8.67. The third-order valence-electron chi connectivity index (χ3n) is 4.75. The number of phenolic OH excluding ortho intramolecular Hbond substituents is 1. The summed E-state index contributed by atoms with van der Waals surface area (Å²) < 4.78 is 1.95. The standard InChI is InChI=1S/C22H20N2O2/c1-2-24-20-15-18(25)13-14-19(20)23-21(24)22(26,16-9-5-3-6-10-16)17-11-7-4-8-12-17/h3-15,25-26H,2H2,1H3. The van der Waals surface area contributed by atoms with Crippen LogP contribution in [0.1, 0.15) is 23.9 Å². The Hall–Kier alpha value is -3.11. The molecular weight excluding hydrogens is 324 g/mol. The zero-order valence-electron chi connectivity index (χ0n) is 14.5. The van der Waals surface area contributed by atoms with Gasteiger partial charge in [0.1, 0.15) is 5.75 Å². The molecule has 0 aliphatic heterocycles. The maximum atomic E-state index is 12.0. The maximum absolute atomic E-state index is 12.0. The number of nitrogens with zero attached hydrogens (tertiary/aromatic N) is 2. The maximum Gasteiger partial charge on any atom is 0.173 e. The zero-order valence-corrected chi connectivity index (χ0v) is 14.5. The Kier molecular flexibility index (Phi) is 3.98. The number of fused-ring (bicyclic) bond motifs is 1. The van der Waals surface area contributed by atoms with Gasteiger partial charge in [0.2, 0.25) is 0 Å². The monoisotopic (exact) mass is 344 g/mol. The average Bonchev–Trinajstić information content (AvgIpc) is 3.06. The lowest BCUT2D eigenvalue weighted by molar-refractivity contribution is 0.112. The Bertz CT molecular complexity index is 1000. The van der Waals surface area contributed by atoms with Crippen LogP contribution < -0.4 is 0 Å². The molecule has 1 heterocycles. The van der Waals surface area contributed by atoms with E-state index in [1.807, 2.05) is 72.2 Å². The van der Waals surface area contributed by atoms with E-state index >= 15 is 0 Å². The first-order chi connectivity index (χ1) is 12.6. The zero-order chi connectivity index (χ0) is 18.1. The highest BCUT2D eigenvalue weighted by atomic mass is 16.3. The molecule has 0 bridgehead atoms. The van der Waals surface area contributed by atoms with Gasteiger partial charge in [-0.05, 0) is 30.2 Å². The van der Waals surface area contributed by atoms with Crippen molar-refractivity contribution in [1.29, 1.82) is 0 Å². The first kappa shape index (κ1) is 16.4. The van der Waals surface area contributed by atoms with Crippen molar-refractivity contribution in [2.75, 3.05) is 0 Å². The van der Waals surface area contributed by atoms with Crippen LogP contribution in [0.4, 0.5) is 0 Å². The summed E-state index contributed by atoms with van der Waals surface area (Å²) in [7, 11) is 0. The quantitative estimate of drug-likeness (QED) is 0.587.